The number of aliphatic carboxylic acids is 1. The molecule has 0 radical (unpaired) electrons. The van der Waals surface area contributed by atoms with Gasteiger partial charge in [-0.05, 0) is 6.42 Å². The van der Waals surface area contributed by atoms with Crippen LogP contribution in [0.15, 0.2) is 0 Å². The standard InChI is InChI=1S/C7H14FNO2/c1-2-3-4-5(8)6(9)7(10)11/h5-6H,2-4,9H2,1H3,(H,10,11)/t5-,6-/m1/s1. The minimum atomic E-state index is -1.41. The zero-order valence-corrected chi connectivity index (χ0v) is 6.59. The molecular weight excluding hydrogens is 149 g/mol. The molecule has 0 aliphatic carbocycles. The summed E-state index contributed by atoms with van der Waals surface area (Å²) in [6, 6.07) is -1.36. The maximum atomic E-state index is 12.7. The summed E-state index contributed by atoms with van der Waals surface area (Å²) in [7, 11) is 0. The van der Waals surface area contributed by atoms with Crippen LogP contribution in [-0.2, 0) is 4.79 Å². The average molecular weight is 163 g/mol. The Morgan fingerprint density at radius 3 is 2.64 bits per heavy atom. The SMILES string of the molecule is CCCC[C@@H](F)[C@@H](N)C(=O)O. The van der Waals surface area contributed by atoms with Crippen LogP contribution in [0.3, 0.4) is 0 Å². The van der Waals surface area contributed by atoms with Crippen molar-refractivity contribution in [3.63, 3.8) is 0 Å². The van der Waals surface area contributed by atoms with Crippen molar-refractivity contribution in [2.45, 2.75) is 38.4 Å². The van der Waals surface area contributed by atoms with E-state index >= 15 is 0 Å². The van der Waals surface area contributed by atoms with Crippen LogP contribution in [0.2, 0.25) is 0 Å². The number of hydrogen-bond acceptors (Lipinski definition) is 2. The highest BCUT2D eigenvalue weighted by molar-refractivity contribution is 5.73. The van der Waals surface area contributed by atoms with Gasteiger partial charge in [-0.2, -0.15) is 0 Å². The van der Waals surface area contributed by atoms with Crippen LogP contribution in [-0.4, -0.2) is 23.3 Å². The quantitative estimate of drug-likeness (QED) is 0.633. The molecule has 0 aromatic carbocycles. The number of halogens is 1. The molecule has 0 amide bonds. The summed E-state index contributed by atoms with van der Waals surface area (Å²) in [6.45, 7) is 1.92. The van der Waals surface area contributed by atoms with Crippen molar-refractivity contribution < 1.29 is 14.3 Å². The van der Waals surface area contributed by atoms with Crippen molar-refractivity contribution in [1.82, 2.24) is 0 Å². The van der Waals surface area contributed by atoms with Gasteiger partial charge in [-0.25, -0.2) is 4.39 Å². The molecule has 0 aliphatic heterocycles. The third kappa shape index (κ3) is 3.93. The topological polar surface area (TPSA) is 63.3 Å². The molecule has 0 aromatic heterocycles. The second-order valence-electron chi connectivity index (χ2n) is 2.52. The smallest absolute Gasteiger partial charge is 0.323 e. The molecule has 3 N–H and O–H groups in total. The van der Waals surface area contributed by atoms with Gasteiger partial charge in [0.25, 0.3) is 0 Å². The predicted molar refractivity (Wildman–Crippen MR) is 40.0 cm³/mol. The minimum absolute atomic E-state index is 0.240. The Bertz CT molecular complexity index is 130. The summed E-state index contributed by atoms with van der Waals surface area (Å²) in [4.78, 5) is 10.1. The average Bonchev–Trinajstić information content (AvgIpc) is 1.98. The molecule has 66 valence electrons. The first-order valence-corrected chi connectivity index (χ1v) is 3.72. The van der Waals surface area contributed by atoms with Crippen LogP contribution in [0.25, 0.3) is 0 Å². The highest BCUT2D eigenvalue weighted by Crippen LogP contribution is 2.07. The first-order valence-electron chi connectivity index (χ1n) is 3.72. The van der Waals surface area contributed by atoms with Gasteiger partial charge in [0.05, 0.1) is 0 Å². The Hall–Kier alpha value is -0.640. The Morgan fingerprint density at radius 2 is 2.27 bits per heavy atom. The number of carboxylic acids is 1. The van der Waals surface area contributed by atoms with E-state index < -0.39 is 18.2 Å². The zero-order chi connectivity index (χ0) is 8.85. The fourth-order valence-electron chi connectivity index (χ4n) is 0.733. The van der Waals surface area contributed by atoms with Crippen molar-refractivity contribution in [3.05, 3.63) is 0 Å². The van der Waals surface area contributed by atoms with E-state index in [1.54, 1.807) is 0 Å². The van der Waals surface area contributed by atoms with Gasteiger partial charge in [0.15, 0.2) is 0 Å². The Kier molecular flexibility index (Phi) is 4.77. The molecule has 0 bridgehead atoms. The van der Waals surface area contributed by atoms with E-state index in [0.29, 0.717) is 6.42 Å². The molecular formula is C7H14FNO2. The van der Waals surface area contributed by atoms with Gasteiger partial charge in [0.2, 0.25) is 0 Å². The second-order valence-corrected chi connectivity index (χ2v) is 2.52. The lowest BCUT2D eigenvalue weighted by atomic mass is 10.1. The Labute approximate surface area is 65.4 Å². The summed E-state index contributed by atoms with van der Waals surface area (Å²) < 4.78 is 12.7. The molecule has 0 unspecified atom stereocenters. The molecule has 3 nitrogen and oxygen atoms in total. The summed E-state index contributed by atoms with van der Waals surface area (Å²) in [5.74, 6) is -1.27. The fourth-order valence-corrected chi connectivity index (χ4v) is 0.733. The summed E-state index contributed by atoms with van der Waals surface area (Å²) in [5, 5.41) is 8.29. The number of alkyl halides is 1. The molecule has 0 rings (SSSR count). The monoisotopic (exact) mass is 163 g/mol. The van der Waals surface area contributed by atoms with Crippen LogP contribution >= 0.6 is 0 Å². The number of carbonyl (C=O) groups is 1. The van der Waals surface area contributed by atoms with Crippen LogP contribution in [0.5, 0.6) is 0 Å². The van der Waals surface area contributed by atoms with Crippen LogP contribution < -0.4 is 5.73 Å². The molecule has 11 heavy (non-hydrogen) atoms. The van der Waals surface area contributed by atoms with Crippen LogP contribution in [0, 0.1) is 0 Å². The van der Waals surface area contributed by atoms with E-state index in [-0.39, 0.29) is 6.42 Å². The Balaban J connectivity index is 3.63. The first-order chi connectivity index (χ1) is 5.09. The number of unbranched alkanes of at least 4 members (excludes halogenated alkanes) is 1. The van der Waals surface area contributed by atoms with Gasteiger partial charge < -0.3 is 10.8 Å². The van der Waals surface area contributed by atoms with Gasteiger partial charge >= 0.3 is 5.97 Å². The molecule has 2 atom stereocenters. The maximum absolute atomic E-state index is 12.7. The highest BCUT2D eigenvalue weighted by Gasteiger charge is 2.22. The fraction of sp³-hybridized carbons (Fsp3) is 0.857. The van der Waals surface area contributed by atoms with E-state index in [1.165, 1.54) is 0 Å². The van der Waals surface area contributed by atoms with Crippen molar-refractivity contribution in [1.29, 1.82) is 0 Å². The summed E-state index contributed by atoms with van der Waals surface area (Å²) in [5.41, 5.74) is 5.03. The third-order valence-electron chi connectivity index (χ3n) is 1.51. The largest absolute Gasteiger partial charge is 0.480 e. The van der Waals surface area contributed by atoms with Gasteiger partial charge in [0, 0.05) is 0 Å². The van der Waals surface area contributed by atoms with Gasteiger partial charge in [-0.3, -0.25) is 4.79 Å². The number of hydrogen-bond donors (Lipinski definition) is 2. The van der Waals surface area contributed by atoms with E-state index in [4.69, 9.17) is 10.8 Å². The van der Waals surface area contributed by atoms with Gasteiger partial charge in [-0.1, -0.05) is 19.8 Å². The highest BCUT2D eigenvalue weighted by atomic mass is 19.1. The van der Waals surface area contributed by atoms with Crippen molar-refractivity contribution >= 4 is 5.97 Å². The van der Waals surface area contributed by atoms with Crippen molar-refractivity contribution in [2.24, 2.45) is 5.73 Å². The molecule has 0 fully saturated rings. The second kappa shape index (κ2) is 5.07. The minimum Gasteiger partial charge on any atom is -0.480 e. The van der Waals surface area contributed by atoms with E-state index in [1.807, 2.05) is 6.92 Å². The molecule has 4 heteroatoms. The summed E-state index contributed by atoms with van der Waals surface area (Å²) >= 11 is 0. The lowest BCUT2D eigenvalue weighted by molar-refractivity contribution is -0.140. The van der Waals surface area contributed by atoms with Crippen LogP contribution in [0.4, 0.5) is 4.39 Å². The Morgan fingerprint density at radius 1 is 1.73 bits per heavy atom. The van der Waals surface area contributed by atoms with Gasteiger partial charge in [0.1, 0.15) is 12.2 Å². The van der Waals surface area contributed by atoms with E-state index in [0.717, 1.165) is 6.42 Å². The summed E-state index contributed by atoms with van der Waals surface area (Å²) in [6.07, 6.45) is 0.367. The first kappa shape index (κ1) is 10.4. The molecule has 0 aliphatic rings. The molecule has 0 aromatic rings. The van der Waals surface area contributed by atoms with E-state index in [9.17, 15) is 9.18 Å². The number of carboxylic acid groups (broad SMARTS) is 1. The van der Waals surface area contributed by atoms with Crippen molar-refractivity contribution in [3.8, 4) is 0 Å². The van der Waals surface area contributed by atoms with E-state index in [2.05, 4.69) is 0 Å². The third-order valence-corrected chi connectivity index (χ3v) is 1.51. The zero-order valence-electron chi connectivity index (χ0n) is 6.59. The molecule has 0 saturated heterocycles. The molecule has 0 heterocycles. The number of nitrogens with two attached hydrogens (primary N) is 1. The van der Waals surface area contributed by atoms with Crippen LogP contribution in [0.1, 0.15) is 26.2 Å². The lowest BCUT2D eigenvalue weighted by Crippen LogP contribution is -2.39. The lowest BCUT2D eigenvalue weighted by Gasteiger charge is -2.10. The number of rotatable bonds is 5. The normalized spacial score (nSPS) is 15.9. The molecule has 0 saturated carbocycles. The van der Waals surface area contributed by atoms with Crippen molar-refractivity contribution in [2.75, 3.05) is 0 Å². The predicted octanol–water partition coefficient (Wildman–Crippen LogP) is 0.927. The van der Waals surface area contributed by atoms with Gasteiger partial charge in [-0.15, -0.1) is 0 Å². The molecule has 0 spiro atoms. The maximum Gasteiger partial charge on any atom is 0.323 e.